The van der Waals surface area contributed by atoms with E-state index in [0.717, 1.165) is 15.7 Å². The summed E-state index contributed by atoms with van der Waals surface area (Å²) in [6.07, 6.45) is 2.14. The summed E-state index contributed by atoms with van der Waals surface area (Å²) in [6, 6.07) is 10.9. The van der Waals surface area contributed by atoms with Crippen molar-refractivity contribution >= 4 is 65.1 Å². The van der Waals surface area contributed by atoms with E-state index in [9.17, 15) is 18.0 Å². The molecular formula is C24H27Br2N3O4S. The number of hydrogen-bond donors (Lipinski definition) is 0. The van der Waals surface area contributed by atoms with Crippen LogP contribution < -0.4 is 9.80 Å². The van der Waals surface area contributed by atoms with E-state index in [4.69, 9.17) is 0 Å². The maximum atomic E-state index is 13.8. The Hall–Kier alpha value is -1.75. The maximum absolute atomic E-state index is 13.8. The average Bonchev–Trinajstić information content (AvgIpc) is 3.26. The maximum Gasteiger partial charge on any atom is 0.245 e. The van der Waals surface area contributed by atoms with Gasteiger partial charge in [-0.1, -0.05) is 38.8 Å². The van der Waals surface area contributed by atoms with Gasteiger partial charge in [0.15, 0.2) is 0 Å². The zero-order valence-corrected chi connectivity index (χ0v) is 23.1. The Morgan fingerprint density at radius 3 is 2.47 bits per heavy atom. The van der Waals surface area contributed by atoms with Crippen molar-refractivity contribution < 1.29 is 18.0 Å². The van der Waals surface area contributed by atoms with Crippen LogP contribution in [-0.4, -0.2) is 51.2 Å². The second-order valence-corrected chi connectivity index (χ2v) is 12.4. The molecule has 0 saturated carbocycles. The molecule has 34 heavy (non-hydrogen) atoms. The van der Waals surface area contributed by atoms with Crippen LogP contribution in [0.5, 0.6) is 0 Å². The molecule has 1 atom stereocenters. The van der Waals surface area contributed by atoms with E-state index in [-0.39, 0.29) is 23.3 Å². The number of carbonyl (C=O) groups is 2. The summed E-state index contributed by atoms with van der Waals surface area (Å²) in [4.78, 5) is 29.1. The monoisotopic (exact) mass is 611 g/mol. The first-order chi connectivity index (χ1) is 16.1. The first-order valence-corrected chi connectivity index (χ1v) is 14.3. The minimum Gasteiger partial charge on any atom is -0.315 e. The van der Waals surface area contributed by atoms with Gasteiger partial charge in [0.25, 0.3) is 0 Å². The van der Waals surface area contributed by atoms with Crippen molar-refractivity contribution in [2.75, 3.05) is 36.5 Å². The molecule has 0 unspecified atom stereocenters. The van der Waals surface area contributed by atoms with Crippen LogP contribution in [0.3, 0.4) is 0 Å². The lowest BCUT2D eigenvalue weighted by Crippen LogP contribution is -2.46. The second kappa shape index (κ2) is 10.1. The number of carbonyl (C=O) groups excluding carboxylic acids is 2. The molecule has 2 aromatic rings. The first-order valence-electron chi connectivity index (χ1n) is 11.3. The Balaban J connectivity index is 1.62. The topological polar surface area (TPSA) is 78.0 Å². The molecule has 0 bridgehead atoms. The predicted octanol–water partition coefficient (Wildman–Crippen LogP) is 4.57. The normalized spacial score (nSPS) is 18.6. The zero-order valence-electron chi connectivity index (χ0n) is 19.1. The van der Waals surface area contributed by atoms with Crippen LogP contribution in [0.15, 0.2) is 50.2 Å². The fraction of sp³-hybridized carbons (Fsp3) is 0.417. The molecule has 182 valence electrons. The molecule has 1 saturated heterocycles. The molecule has 0 aromatic heterocycles. The van der Waals surface area contributed by atoms with Gasteiger partial charge in [0.1, 0.15) is 4.90 Å². The Bertz CT molecular complexity index is 1220. The van der Waals surface area contributed by atoms with Crippen molar-refractivity contribution in [3.8, 4) is 0 Å². The quantitative estimate of drug-likeness (QED) is 0.495. The third-order valence-corrected chi connectivity index (χ3v) is 9.36. The smallest absolute Gasteiger partial charge is 0.245 e. The van der Waals surface area contributed by atoms with Crippen molar-refractivity contribution in [3.05, 3.63) is 50.9 Å². The van der Waals surface area contributed by atoms with Crippen LogP contribution in [0, 0.1) is 5.92 Å². The number of sulfonamides is 1. The lowest BCUT2D eigenvalue weighted by Gasteiger charge is -2.34. The molecule has 7 nitrogen and oxygen atoms in total. The number of anilines is 2. The number of amides is 2. The summed E-state index contributed by atoms with van der Waals surface area (Å²) in [7, 11) is -2.20. The molecule has 2 heterocycles. The Morgan fingerprint density at radius 1 is 1.09 bits per heavy atom. The van der Waals surface area contributed by atoms with Gasteiger partial charge in [-0.2, -0.15) is 4.31 Å². The van der Waals surface area contributed by atoms with Crippen LogP contribution in [0.25, 0.3) is 0 Å². The highest BCUT2D eigenvalue weighted by Gasteiger charge is 2.39. The van der Waals surface area contributed by atoms with Crippen LogP contribution in [0.1, 0.15) is 31.7 Å². The molecule has 0 N–H and O–H groups in total. The van der Waals surface area contributed by atoms with E-state index in [2.05, 4.69) is 31.9 Å². The van der Waals surface area contributed by atoms with Crippen molar-refractivity contribution in [1.29, 1.82) is 0 Å². The highest BCUT2D eigenvalue weighted by Crippen LogP contribution is 2.40. The highest BCUT2D eigenvalue weighted by molar-refractivity contribution is 9.10. The van der Waals surface area contributed by atoms with Gasteiger partial charge < -0.3 is 9.80 Å². The molecule has 1 fully saturated rings. The molecule has 0 radical (unpaired) electrons. The summed E-state index contributed by atoms with van der Waals surface area (Å²) >= 11 is 6.84. The summed E-state index contributed by atoms with van der Waals surface area (Å²) < 4.78 is 30.7. The summed E-state index contributed by atoms with van der Waals surface area (Å²) in [5.41, 5.74) is 2.08. The Kier molecular flexibility index (Phi) is 7.52. The number of halogens is 2. The number of fused-ring (bicyclic) bond motifs is 1. The molecule has 2 amide bonds. The van der Waals surface area contributed by atoms with E-state index < -0.39 is 15.9 Å². The molecule has 2 aliphatic rings. The molecule has 10 heteroatoms. The fourth-order valence-electron chi connectivity index (χ4n) is 4.67. The van der Waals surface area contributed by atoms with Crippen molar-refractivity contribution in [1.82, 2.24) is 4.31 Å². The minimum atomic E-state index is -3.91. The second-order valence-electron chi connectivity index (χ2n) is 8.64. The van der Waals surface area contributed by atoms with Gasteiger partial charge in [0.2, 0.25) is 21.8 Å². The van der Waals surface area contributed by atoms with Crippen molar-refractivity contribution in [2.24, 2.45) is 5.92 Å². The third kappa shape index (κ3) is 4.82. The highest BCUT2D eigenvalue weighted by atomic mass is 79.9. The van der Waals surface area contributed by atoms with Gasteiger partial charge in [0, 0.05) is 47.7 Å². The Morgan fingerprint density at radius 2 is 1.79 bits per heavy atom. The lowest BCUT2D eigenvalue weighted by atomic mass is 9.98. The summed E-state index contributed by atoms with van der Waals surface area (Å²) in [5.74, 6) is -0.643. The molecule has 4 rings (SSSR count). The summed E-state index contributed by atoms with van der Waals surface area (Å²) in [6.45, 7) is 2.71. The van der Waals surface area contributed by atoms with Gasteiger partial charge in [-0.15, -0.1) is 0 Å². The molecule has 0 spiro atoms. The van der Waals surface area contributed by atoms with E-state index in [1.54, 1.807) is 29.8 Å². The van der Waals surface area contributed by atoms with E-state index in [1.807, 2.05) is 30.3 Å². The largest absolute Gasteiger partial charge is 0.315 e. The average molecular weight is 613 g/mol. The third-order valence-electron chi connectivity index (χ3n) is 6.49. The SMILES string of the molecule is CCC(=O)N1CCc2cc(Br)cc(S(=O)(=O)N3CCC[C@@H](C(=O)N(C)c4ccc(Br)cc4)C3)c21. The van der Waals surface area contributed by atoms with Crippen molar-refractivity contribution in [3.63, 3.8) is 0 Å². The number of rotatable bonds is 5. The standard InChI is InChI=1S/C24H27Br2N3O4S/c1-3-22(30)29-12-10-16-13-19(26)14-21(23(16)29)34(32,33)28-11-4-5-17(15-28)24(31)27(2)20-8-6-18(25)7-9-20/h6-9,13-14,17H,3-5,10-12,15H2,1-2H3/t17-/m1/s1. The van der Waals surface area contributed by atoms with Crippen LogP contribution in [-0.2, 0) is 26.0 Å². The van der Waals surface area contributed by atoms with Crippen LogP contribution in [0.2, 0.25) is 0 Å². The molecular weight excluding hydrogens is 586 g/mol. The number of benzene rings is 2. The van der Waals surface area contributed by atoms with Crippen molar-refractivity contribution in [2.45, 2.75) is 37.5 Å². The van der Waals surface area contributed by atoms with E-state index in [0.29, 0.717) is 48.9 Å². The molecule has 2 aliphatic heterocycles. The minimum absolute atomic E-state index is 0.0969. The Labute approximate surface area is 217 Å². The first kappa shape index (κ1) is 25.3. The zero-order chi connectivity index (χ0) is 24.6. The number of hydrogen-bond acceptors (Lipinski definition) is 4. The van der Waals surface area contributed by atoms with Crippen LogP contribution in [0.4, 0.5) is 11.4 Å². The van der Waals surface area contributed by atoms with Gasteiger partial charge in [-0.25, -0.2) is 8.42 Å². The lowest BCUT2D eigenvalue weighted by molar-refractivity contribution is -0.123. The van der Waals surface area contributed by atoms with Gasteiger partial charge in [0.05, 0.1) is 11.6 Å². The van der Waals surface area contributed by atoms with E-state index >= 15 is 0 Å². The van der Waals surface area contributed by atoms with Gasteiger partial charge >= 0.3 is 0 Å². The fourth-order valence-corrected chi connectivity index (χ4v) is 7.38. The number of piperidine rings is 1. The van der Waals surface area contributed by atoms with Crippen LogP contribution >= 0.6 is 31.9 Å². The van der Waals surface area contributed by atoms with Gasteiger partial charge in [-0.05, 0) is 61.2 Å². The van der Waals surface area contributed by atoms with E-state index in [1.165, 1.54) is 4.31 Å². The number of nitrogens with zero attached hydrogens (tertiary/aromatic N) is 3. The molecule has 0 aliphatic carbocycles. The van der Waals surface area contributed by atoms with Gasteiger partial charge in [-0.3, -0.25) is 9.59 Å². The predicted molar refractivity (Wildman–Crippen MR) is 140 cm³/mol. The summed E-state index contributed by atoms with van der Waals surface area (Å²) in [5, 5.41) is 0. The molecule has 2 aromatic carbocycles.